The molecule has 2 aromatic rings. The molecule has 0 saturated heterocycles. The fraction of sp³-hybridized carbons (Fsp3) is 0.615. The topological polar surface area (TPSA) is 55.2 Å². The SMILES string of the molecule is CC(C)c1nc2c(c3c1C(c1ccc(C(F)(F)F)cn1)OC31CCCC1I)[C@@H](O)CC(C)(C)C2. The first kappa shape index (κ1) is 24.4. The molecule has 3 aliphatic rings. The Bertz CT molecular complexity index is 1120. The van der Waals surface area contributed by atoms with E-state index in [0.717, 1.165) is 66.0 Å². The molecule has 1 spiro atoms. The highest BCUT2D eigenvalue weighted by Crippen LogP contribution is 2.61. The number of hydrogen-bond acceptors (Lipinski definition) is 4. The minimum absolute atomic E-state index is 0.0672. The molecule has 1 saturated carbocycles. The molecule has 4 atom stereocenters. The quantitative estimate of drug-likeness (QED) is 0.307. The van der Waals surface area contributed by atoms with Crippen molar-refractivity contribution in [2.24, 2.45) is 5.41 Å². The fourth-order valence-corrected chi connectivity index (χ4v) is 7.31. The second-order valence-electron chi connectivity index (χ2n) is 11.1. The lowest BCUT2D eigenvalue weighted by atomic mass is 9.70. The maximum atomic E-state index is 13.2. The van der Waals surface area contributed by atoms with Gasteiger partial charge in [0.25, 0.3) is 0 Å². The lowest BCUT2D eigenvalue weighted by Gasteiger charge is -2.39. The molecular formula is C26H30F3IN2O2. The Balaban J connectivity index is 1.76. The molecule has 2 aromatic heterocycles. The van der Waals surface area contributed by atoms with Gasteiger partial charge in [0.15, 0.2) is 0 Å². The van der Waals surface area contributed by atoms with Crippen LogP contribution in [0.25, 0.3) is 0 Å². The van der Waals surface area contributed by atoms with Crippen molar-refractivity contribution < 1.29 is 23.0 Å². The van der Waals surface area contributed by atoms with Gasteiger partial charge >= 0.3 is 6.18 Å². The highest BCUT2D eigenvalue weighted by Gasteiger charge is 2.56. The number of hydrogen-bond donors (Lipinski definition) is 1. The van der Waals surface area contributed by atoms with Crippen LogP contribution in [0.5, 0.6) is 0 Å². The summed E-state index contributed by atoms with van der Waals surface area (Å²) in [7, 11) is 0. The van der Waals surface area contributed by atoms with Crippen molar-refractivity contribution >= 4 is 22.6 Å². The van der Waals surface area contributed by atoms with Gasteiger partial charge in [-0.15, -0.1) is 0 Å². The normalized spacial score (nSPS) is 30.1. The Morgan fingerprint density at radius 3 is 2.50 bits per heavy atom. The monoisotopic (exact) mass is 586 g/mol. The van der Waals surface area contributed by atoms with Crippen LogP contribution in [0.15, 0.2) is 18.3 Å². The molecule has 3 unspecified atom stereocenters. The summed E-state index contributed by atoms with van der Waals surface area (Å²) >= 11 is 2.45. The average Bonchev–Trinajstić information content (AvgIpc) is 3.27. The lowest BCUT2D eigenvalue weighted by Crippen LogP contribution is -2.35. The van der Waals surface area contributed by atoms with Crippen molar-refractivity contribution in [3.05, 3.63) is 57.7 Å². The van der Waals surface area contributed by atoms with Crippen molar-refractivity contribution in [3.63, 3.8) is 0 Å². The maximum Gasteiger partial charge on any atom is 0.417 e. The molecule has 3 heterocycles. The molecule has 1 N–H and O–H groups in total. The van der Waals surface area contributed by atoms with E-state index in [-0.39, 0.29) is 15.3 Å². The summed E-state index contributed by atoms with van der Waals surface area (Å²) in [5.41, 5.74) is 3.68. The number of pyridine rings is 2. The van der Waals surface area contributed by atoms with E-state index >= 15 is 0 Å². The summed E-state index contributed by atoms with van der Waals surface area (Å²) in [4.78, 5) is 9.31. The van der Waals surface area contributed by atoms with Gasteiger partial charge in [-0.05, 0) is 55.6 Å². The largest absolute Gasteiger partial charge is 0.417 e. The number of aliphatic hydroxyl groups excluding tert-OH is 1. The molecule has 4 nitrogen and oxygen atoms in total. The highest BCUT2D eigenvalue weighted by atomic mass is 127. The Morgan fingerprint density at radius 1 is 1.21 bits per heavy atom. The number of alkyl halides is 4. The summed E-state index contributed by atoms with van der Waals surface area (Å²) in [6.07, 6.45) is -0.598. The summed E-state index contributed by atoms with van der Waals surface area (Å²) in [6.45, 7) is 8.47. The van der Waals surface area contributed by atoms with E-state index in [1.54, 1.807) is 0 Å². The van der Waals surface area contributed by atoms with Crippen LogP contribution in [0, 0.1) is 5.41 Å². The van der Waals surface area contributed by atoms with E-state index in [9.17, 15) is 18.3 Å². The third-order valence-corrected chi connectivity index (χ3v) is 9.19. The van der Waals surface area contributed by atoms with Gasteiger partial charge in [0.2, 0.25) is 0 Å². The zero-order valence-electron chi connectivity index (χ0n) is 19.8. The molecular weight excluding hydrogens is 556 g/mol. The summed E-state index contributed by atoms with van der Waals surface area (Å²) < 4.78 is 46.6. The number of aromatic nitrogens is 2. The van der Waals surface area contributed by atoms with Crippen molar-refractivity contribution in [2.45, 2.75) is 93.6 Å². The smallest absolute Gasteiger partial charge is 0.388 e. The fourth-order valence-electron chi connectivity index (χ4n) is 6.10. The second-order valence-corrected chi connectivity index (χ2v) is 12.6. The van der Waals surface area contributed by atoms with Crippen LogP contribution in [0.1, 0.15) is 111 Å². The Kier molecular flexibility index (Phi) is 5.84. The van der Waals surface area contributed by atoms with E-state index in [0.29, 0.717) is 12.1 Å². The lowest BCUT2D eigenvalue weighted by molar-refractivity contribution is -0.137. The van der Waals surface area contributed by atoms with Crippen LogP contribution in [0.4, 0.5) is 13.2 Å². The molecule has 184 valence electrons. The van der Waals surface area contributed by atoms with Crippen LogP contribution in [-0.2, 0) is 22.9 Å². The molecule has 34 heavy (non-hydrogen) atoms. The van der Waals surface area contributed by atoms with Crippen molar-refractivity contribution in [1.82, 2.24) is 9.97 Å². The molecule has 0 aromatic carbocycles. The van der Waals surface area contributed by atoms with E-state index in [1.807, 2.05) is 0 Å². The van der Waals surface area contributed by atoms with Crippen LogP contribution < -0.4 is 0 Å². The van der Waals surface area contributed by atoms with E-state index in [4.69, 9.17) is 9.72 Å². The summed E-state index contributed by atoms with van der Waals surface area (Å²) in [6, 6.07) is 2.50. The predicted octanol–water partition coefficient (Wildman–Crippen LogP) is 6.93. The van der Waals surface area contributed by atoms with Crippen molar-refractivity contribution in [3.8, 4) is 0 Å². The van der Waals surface area contributed by atoms with Gasteiger partial charge in [0.05, 0.1) is 17.4 Å². The molecule has 0 bridgehead atoms. The standard InChI is InChI=1S/C26H30F3IN2O2/c1-13(2)22-20-21(19-16(32-22)10-24(3,4)11-17(19)33)25(9-5-6-18(25)30)34-23(20)15-8-7-14(12-31-15)26(27,28)29/h7-8,12-13,17-18,23,33H,5-6,9-11H2,1-4H3/t17-,18?,23?,25?/m0/s1. The maximum absolute atomic E-state index is 13.2. The first-order valence-corrected chi connectivity index (χ1v) is 13.2. The number of halogens is 4. The zero-order chi connectivity index (χ0) is 24.6. The highest BCUT2D eigenvalue weighted by molar-refractivity contribution is 14.1. The molecule has 1 aliphatic heterocycles. The Hall–Kier alpha value is -1.26. The van der Waals surface area contributed by atoms with Gasteiger partial charge in [0, 0.05) is 38.2 Å². The van der Waals surface area contributed by atoms with Gasteiger partial charge in [-0.1, -0.05) is 50.3 Å². The van der Waals surface area contributed by atoms with Gasteiger partial charge < -0.3 is 9.84 Å². The van der Waals surface area contributed by atoms with Crippen LogP contribution >= 0.6 is 22.6 Å². The van der Waals surface area contributed by atoms with E-state index < -0.39 is 29.5 Å². The third-order valence-electron chi connectivity index (χ3n) is 7.56. The van der Waals surface area contributed by atoms with Crippen molar-refractivity contribution in [1.29, 1.82) is 0 Å². The minimum Gasteiger partial charge on any atom is -0.388 e. The Morgan fingerprint density at radius 2 is 1.94 bits per heavy atom. The number of ether oxygens (including phenoxy) is 1. The van der Waals surface area contributed by atoms with Gasteiger partial charge in [-0.25, -0.2) is 0 Å². The number of fused-ring (bicyclic) bond motifs is 4. The number of aliphatic hydroxyl groups is 1. The summed E-state index contributed by atoms with van der Waals surface area (Å²) in [5, 5.41) is 11.4. The number of nitrogens with zero attached hydrogens (tertiary/aromatic N) is 2. The predicted molar refractivity (Wildman–Crippen MR) is 131 cm³/mol. The first-order chi connectivity index (χ1) is 15.8. The first-order valence-electron chi connectivity index (χ1n) is 11.9. The van der Waals surface area contributed by atoms with Crippen molar-refractivity contribution in [2.75, 3.05) is 0 Å². The van der Waals surface area contributed by atoms with E-state index in [2.05, 4.69) is 55.3 Å². The third kappa shape index (κ3) is 3.79. The molecule has 1 fully saturated rings. The zero-order valence-corrected chi connectivity index (χ0v) is 22.0. The van der Waals surface area contributed by atoms with E-state index in [1.165, 1.54) is 6.07 Å². The Labute approximate surface area is 211 Å². The van der Waals surface area contributed by atoms with Crippen LogP contribution in [0.2, 0.25) is 0 Å². The second kappa shape index (κ2) is 8.13. The van der Waals surface area contributed by atoms with Crippen LogP contribution in [-0.4, -0.2) is 19.0 Å². The van der Waals surface area contributed by atoms with Crippen LogP contribution in [0.3, 0.4) is 0 Å². The average molecular weight is 586 g/mol. The molecule has 8 heteroatoms. The molecule has 0 radical (unpaired) electrons. The molecule has 5 rings (SSSR count). The molecule has 0 amide bonds. The van der Waals surface area contributed by atoms with Gasteiger partial charge in [0.1, 0.15) is 11.7 Å². The summed E-state index contributed by atoms with van der Waals surface area (Å²) in [5.74, 6) is 0.0889. The molecule has 2 aliphatic carbocycles. The minimum atomic E-state index is -4.44. The van der Waals surface area contributed by atoms with Gasteiger partial charge in [-0.3, -0.25) is 9.97 Å². The van der Waals surface area contributed by atoms with Gasteiger partial charge in [-0.2, -0.15) is 13.2 Å². The number of rotatable bonds is 2.